The second-order valence-corrected chi connectivity index (χ2v) is 10.1. The number of halogens is 2. The Morgan fingerprint density at radius 3 is 2.13 bits per heavy atom. The van der Waals surface area contributed by atoms with Crippen molar-refractivity contribution in [3.63, 3.8) is 0 Å². The summed E-state index contributed by atoms with van der Waals surface area (Å²) >= 11 is 13.5. The standard InChI is InChI=1S/C29H24Cl2N2O4S/c1-36-22-14-21(15-23(17-22)37-2)33-29(35)27(18-7-4-3-5-8-18)38-24-10-6-9-20(16-24)32-28(34)25-12-11-19(30)13-26(25)31/h3-17,27H,1-2H3,(H,32,34)(H,33,35). The van der Waals surface area contributed by atoms with Crippen LogP contribution in [-0.2, 0) is 4.79 Å². The van der Waals surface area contributed by atoms with Gasteiger partial charge in [0.15, 0.2) is 0 Å². The number of ether oxygens (including phenoxy) is 2. The Bertz CT molecular complexity index is 1430. The topological polar surface area (TPSA) is 76.7 Å². The van der Waals surface area contributed by atoms with E-state index in [0.717, 1.165) is 10.5 Å². The van der Waals surface area contributed by atoms with E-state index in [1.54, 1.807) is 50.6 Å². The number of carbonyl (C=O) groups is 2. The predicted octanol–water partition coefficient (Wildman–Crippen LogP) is 7.74. The Labute approximate surface area is 235 Å². The predicted molar refractivity (Wildman–Crippen MR) is 154 cm³/mol. The van der Waals surface area contributed by atoms with Gasteiger partial charge >= 0.3 is 0 Å². The minimum absolute atomic E-state index is 0.223. The fraction of sp³-hybridized carbons (Fsp3) is 0.103. The number of thioether (sulfide) groups is 1. The van der Waals surface area contributed by atoms with Crippen LogP contribution in [0.25, 0.3) is 0 Å². The first-order valence-electron chi connectivity index (χ1n) is 11.5. The molecule has 0 heterocycles. The summed E-state index contributed by atoms with van der Waals surface area (Å²) in [4.78, 5) is 27.1. The average Bonchev–Trinajstić information content (AvgIpc) is 2.92. The summed E-state index contributed by atoms with van der Waals surface area (Å²) < 4.78 is 10.6. The van der Waals surface area contributed by atoms with Crippen molar-refractivity contribution in [3.05, 3.63) is 112 Å². The molecular formula is C29H24Cl2N2O4S. The molecule has 2 N–H and O–H groups in total. The molecule has 0 radical (unpaired) electrons. The molecular weight excluding hydrogens is 543 g/mol. The third kappa shape index (κ3) is 7.01. The number of amides is 2. The molecule has 0 spiro atoms. The summed E-state index contributed by atoms with van der Waals surface area (Å²) in [6, 6.07) is 26.6. The van der Waals surface area contributed by atoms with Gasteiger partial charge < -0.3 is 20.1 Å². The van der Waals surface area contributed by atoms with Crippen LogP contribution in [0.2, 0.25) is 10.0 Å². The van der Waals surface area contributed by atoms with Gasteiger partial charge in [0.05, 0.1) is 24.8 Å². The number of carbonyl (C=O) groups excluding carboxylic acids is 2. The van der Waals surface area contributed by atoms with E-state index in [-0.39, 0.29) is 16.8 Å². The summed E-state index contributed by atoms with van der Waals surface area (Å²) in [5.74, 6) is 0.539. The molecule has 0 saturated carbocycles. The van der Waals surface area contributed by atoms with Crippen molar-refractivity contribution in [3.8, 4) is 11.5 Å². The molecule has 9 heteroatoms. The number of nitrogens with one attached hydrogen (secondary N) is 2. The van der Waals surface area contributed by atoms with E-state index in [9.17, 15) is 9.59 Å². The number of methoxy groups -OCH3 is 2. The maximum absolute atomic E-state index is 13.5. The molecule has 4 aromatic rings. The van der Waals surface area contributed by atoms with Gasteiger partial charge in [0, 0.05) is 39.5 Å². The highest BCUT2D eigenvalue weighted by molar-refractivity contribution is 8.00. The molecule has 0 aromatic heterocycles. The monoisotopic (exact) mass is 566 g/mol. The summed E-state index contributed by atoms with van der Waals surface area (Å²) in [6.07, 6.45) is 0. The summed E-state index contributed by atoms with van der Waals surface area (Å²) in [5, 5.41) is 5.96. The van der Waals surface area contributed by atoms with E-state index in [0.29, 0.717) is 33.5 Å². The van der Waals surface area contributed by atoms with Crippen molar-refractivity contribution in [1.29, 1.82) is 0 Å². The van der Waals surface area contributed by atoms with Gasteiger partial charge in [0.25, 0.3) is 5.91 Å². The van der Waals surface area contributed by atoms with Gasteiger partial charge in [-0.15, -0.1) is 11.8 Å². The SMILES string of the molecule is COc1cc(NC(=O)C(Sc2cccc(NC(=O)c3ccc(Cl)cc3Cl)c2)c2ccccc2)cc(OC)c1. The van der Waals surface area contributed by atoms with Gasteiger partial charge in [-0.25, -0.2) is 0 Å². The fourth-order valence-corrected chi connectivity index (χ4v) is 5.22. The third-order valence-electron chi connectivity index (χ3n) is 5.48. The van der Waals surface area contributed by atoms with Crippen molar-refractivity contribution in [2.75, 3.05) is 24.9 Å². The third-order valence-corrected chi connectivity index (χ3v) is 7.28. The van der Waals surface area contributed by atoms with Crippen molar-refractivity contribution in [2.45, 2.75) is 10.1 Å². The van der Waals surface area contributed by atoms with Crippen LogP contribution in [0.15, 0.2) is 95.9 Å². The Kier molecular flexibility index (Phi) is 9.18. The summed E-state index contributed by atoms with van der Waals surface area (Å²) in [5.41, 5.74) is 2.25. The molecule has 1 atom stereocenters. The highest BCUT2D eigenvalue weighted by Crippen LogP contribution is 2.38. The smallest absolute Gasteiger partial charge is 0.257 e. The van der Waals surface area contributed by atoms with Crippen LogP contribution in [0.4, 0.5) is 11.4 Å². The Morgan fingerprint density at radius 1 is 0.763 bits per heavy atom. The van der Waals surface area contributed by atoms with Gasteiger partial charge in [0.1, 0.15) is 16.7 Å². The van der Waals surface area contributed by atoms with E-state index < -0.39 is 5.25 Å². The van der Waals surface area contributed by atoms with Gasteiger partial charge in [-0.05, 0) is 42.0 Å². The highest BCUT2D eigenvalue weighted by Gasteiger charge is 2.23. The number of hydrogen-bond acceptors (Lipinski definition) is 5. The van der Waals surface area contributed by atoms with Crippen LogP contribution >= 0.6 is 35.0 Å². The first-order chi connectivity index (χ1) is 18.4. The lowest BCUT2D eigenvalue weighted by Gasteiger charge is -2.18. The maximum Gasteiger partial charge on any atom is 0.257 e. The minimum Gasteiger partial charge on any atom is -0.497 e. The van der Waals surface area contributed by atoms with Crippen LogP contribution in [0.3, 0.4) is 0 Å². The Hall–Kier alpha value is -3.65. The number of benzene rings is 4. The Balaban J connectivity index is 1.56. The molecule has 194 valence electrons. The zero-order chi connectivity index (χ0) is 27.1. The molecule has 38 heavy (non-hydrogen) atoms. The van der Waals surface area contributed by atoms with Gasteiger partial charge in [-0.2, -0.15) is 0 Å². The van der Waals surface area contributed by atoms with Crippen LogP contribution in [0, 0.1) is 0 Å². The van der Waals surface area contributed by atoms with E-state index in [1.165, 1.54) is 17.8 Å². The van der Waals surface area contributed by atoms with Gasteiger partial charge in [0.2, 0.25) is 5.91 Å². The molecule has 1 unspecified atom stereocenters. The molecule has 2 amide bonds. The molecule has 0 aliphatic rings. The second-order valence-electron chi connectivity index (χ2n) is 8.11. The van der Waals surface area contributed by atoms with Crippen LogP contribution in [0.1, 0.15) is 21.2 Å². The van der Waals surface area contributed by atoms with Crippen LogP contribution in [-0.4, -0.2) is 26.0 Å². The molecule has 0 bridgehead atoms. The van der Waals surface area contributed by atoms with Crippen molar-refractivity contribution >= 4 is 58.2 Å². The number of anilines is 2. The normalized spacial score (nSPS) is 11.4. The molecule has 0 aliphatic carbocycles. The van der Waals surface area contributed by atoms with Crippen LogP contribution in [0.5, 0.6) is 11.5 Å². The van der Waals surface area contributed by atoms with Crippen molar-refractivity contribution in [1.82, 2.24) is 0 Å². The molecule has 6 nitrogen and oxygen atoms in total. The van der Waals surface area contributed by atoms with E-state index in [4.69, 9.17) is 32.7 Å². The van der Waals surface area contributed by atoms with E-state index >= 15 is 0 Å². The quantitative estimate of drug-likeness (QED) is 0.203. The largest absolute Gasteiger partial charge is 0.497 e. The summed E-state index contributed by atoms with van der Waals surface area (Å²) in [7, 11) is 3.10. The first kappa shape index (κ1) is 27.4. The zero-order valence-corrected chi connectivity index (χ0v) is 22.9. The van der Waals surface area contributed by atoms with Crippen LogP contribution < -0.4 is 20.1 Å². The molecule has 4 aromatic carbocycles. The lowest BCUT2D eigenvalue weighted by Crippen LogP contribution is -2.19. The van der Waals surface area contributed by atoms with Crippen molar-refractivity contribution < 1.29 is 19.1 Å². The molecule has 0 saturated heterocycles. The van der Waals surface area contributed by atoms with Gasteiger partial charge in [-0.3, -0.25) is 9.59 Å². The number of rotatable bonds is 9. The second kappa shape index (κ2) is 12.7. The minimum atomic E-state index is -0.579. The average molecular weight is 567 g/mol. The van der Waals surface area contributed by atoms with E-state index in [2.05, 4.69) is 10.6 Å². The van der Waals surface area contributed by atoms with Gasteiger partial charge in [-0.1, -0.05) is 59.6 Å². The maximum atomic E-state index is 13.5. The molecule has 4 rings (SSSR count). The van der Waals surface area contributed by atoms with Crippen molar-refractivity contribution in [2.24, 2.45) is 0 Å². The molecule has 0 fully saturated rings. The summed E-state index contributed by atoms with van der Waals surface area (Å²) in [6.45, 7) is 0. The lowest BCUT2D eigenvalue weighted by molar-refractivity contribution is -0.115. The number of hydrogen-bond donors (Lipinski definition) is 2. The first-order valence-corrected chi connectivity index (χ1v) is 13.1. The zero-order valence-electron chi connectivity index (χ0n) is 20.5. The Morgan fingerprint density at radius 2 is 1.47 bits per heavy atom. The highest BCUT2D eigenvalue weighted by atomic mass is 35.5. The van der Waals surface area contributed by atoms with E-state index in [1.807, 2.05) is 48.5 Å². The lowest BCUT2D eigenvalue weighted by atomic mass is 10.1. The molecule has 0 aliphatic heterocycles. The fourth-order valence-electron chi connectivity index (χ4n) is 3.64.